The lowest BCUT2D eigenvalue weighted by Gasteiger charge is -2.00. The van der Waals surface area contributed by atoms with E-state index in [-0.39, 0.29) is 0 Å². The van der Waals surface area contributed by atoms with Gasteiger partial charge in [-0.05, 0) is 25.1 Å². The van der Waals surface area contributed by atoms with Crippen LogP contribution in [0.1, 0.15) is 5.69 Å². The molecule has 0 amide bonds. The molecule has 0 aliphatic rings. The summed E-state index contributed by atoms with van der Waals surface area (Å²) in [6, 6.07) is 5.72. The first-order chi connectivity index (χ1) is 5.77. The average molecular weight is 159 g/mol. The van der Waals surface area contributed by atoms with Gasteiger partial charge in [-0.15, -0.1) is 0 Å². The van der Waals surface area contributed by atoms with Gasteiger partial charge in [0.25, 0.3) is 0 Å². The molecule has 2 aromatic heterocycles. The summed E-state index contributed by atoms with van der Waals surface area (Å²) < 4.78 is 0. The van der Waals surface area contributed by atoms with Gasteiger partial charge in [0.1, 0.15) is 0 Å². The van der Waals surface area contributed by atoms with Crippen LogP contribution in [0.15, 0.2) is 24.4 Å². The SMILES string of the molecule is Cc1nc2ncccc2cc1N. The van der Waals surface area contributed by atoms with E-state index in [1.807, 2.05) is 25.1 Å². The molecular weight excluding hydrogens is 150 g/mol. The molecule has 3 heteroatoms. The van der Waals surface area contributed by atoms with Crippen molar-refractivity contribution in [1.29, 1.82) is 0 Å². The predicted octanol–water partition coefficient (Wildman–Crippen LogP) is 1.52. The van der Waals surface area contributed by atoms with Crippen molar-refractivity contribution in [2.75, 3.05) is 5.73 Å². The highest BCUT2D eigenvalue weighted by atomic mass is 14.9. The van der Waals surface area contributed by atoms with E-state index < -0.39 is 0 Å². The Kier molecular flexibility index (Phi) is 1.43. The number of nitrogen functional groups attached to an aromatic ring is 1. The van der Waals surface area contributed by atoms with Gasteiger partial charge in [-0.25, -0.2) is 9.97 Å². The van der Waals surface area contributed by atoms with Crippen LogP contribution in [0.25, 0.3) is 11.0 Å². The fraction of sp³-hybridized carbons (Fsp3) is 0.111. The van der Waals surface area contributed by atoms with E-state index in [2.05, 4.69) is 9.97 Å². The zero-order valence-electron chi connectivity index (χ0n) is 6.78. The monoisotopic (exact) mass is 159 g/mol. The van der Waals surface area contributed by atoms with E-state index in [0.717, 1.165) is 22.4 Å². The fourth-order valence-corrected chi connectivity index (χ4v) is 1.11. The molecule has 0 saturated heterocycles. The van der Waals surface area contributed by atoms with Crippen molar-refractivity contribution in [1.82, 2.24) is 9.97 Å². The Balaban J connectivity index is 2.84. The van der Waals surface area contributed by atoms with Gasteiger partial charge < -0.3 is 5.73 Å². The standard InChI is InChI=1S/C9H9N3/c1-6-8(10)5-7-3-2-4-11-9(7)12-6/h2-5H,10H2,1H3. The summed E-state index contributed by atoms with van der Waals surface area (Å²) in [6.45, 7) is 1.88. The first-order valence-electron chi connectivity index (χ1n) is 3.75. The lowest BCUT2D eigenvalue weighted by molar-refractivity contribution is 1.21. The van der Waals surface area contributed by atoms with E-state index in [0.29, 0.717) is 0 Å². The topological polar surface area (TPSA) is 51.8 Å². The van der Waals surface area contributed by atoms with Crippen LogP contribution in [0.2, 0.25) is 0 Å². The molecule has 0 fully saturated rings. The quantitative estimate of drug-likeness (QED) is 0.634. The summed E-state index contributed by atoms with van der Waals surface area (Å²) >= 11 is 0. The molecule has 0 spiro atoms. The van der Waals surface area contributed by atoms with E-state index in [4.69, 9.17) is 5.73 Å². The number of aromatic nitrogens is 2. The number of nitrogens with two attached hydrogens (primary N) is 1. The van der Waals surface area contributed by atoms with Crippen LogP contribution in [0.3, 0.4) is 0 Å². The molecule has 2 heterocycles. The smallest absolute Gasteiger partial charge is 0.159 e. The predicted molar refractivity (Wildman–Crippen MR) is 48.7 cm³/mol. The molecule has 0 radical (unpaired) electrons. The number of pyridine rings is 2. The molecule has 0 bridgehead atoms. The highest BCUT2D eigenvalue weighted by Crippen LogP contribution is 2.14. The number of fused-ring (bicyclic) bond motifs is 1. The molecular formula is C9H9N3. The second-order valence-corrected chi connectivity index (χ2v) is 2.71. The molecule has 0 aromatic carbocycles. The summed E-state index contributed by atoms with van der Waals surface area (Å²) in [4.78, 5) is 8.36. The Bertz CT molecular complexity index is 383. The summed E-state index contributed by atoms with van der Waals surface area (Å²) in [5, 5.41) is 0.987. The van der Waals surface area contributed by atoms with Crippen LogP contribution in [-0.4, -0.2) is 9.97 Å². The van der Waals surface area contributed by atoms with Crippen LogP contribution >= 0.6 is 0 Å². The Morgan fingerprint density at radius 1 is 1.42 bits per heavy atom. The van der Waals surface area contributed by atoms with Crippen LogP contribution in [0.5, 0.6) is 0 Å². The van der Waals surface area contributed by atoms with Crippen molar-refractivity contribution in [2.45, 2.75) is 6.92 Å². The third kappa shape index (κ3) is 0.993. The van der Waals surface area contributed by atoms with Gasteiger partial charge in [-0.2, -0.15) is 0 Å². The van der Waals surface area contributed by atoms with E-state index in [9.17, 15) is 0 Å². The van der Waals surface area contributed by atoms with Crippen molar-refractivity contribution in [3.63, 3.8) is 0 Å². The first kappa shape index (κ1) is 7.03. The van der Waals surface area contributed by atoms with Crippen LogP contribution in [0, 0.1) is 6.92 Å². The number of hydrogen-bond acceptors (Lipinski definition) is 3. The van der Waals surface area contributed by atoms with Gasteiger partial charge in [0.15, 0.2) is 5.65 Å². The molecule has 0 aliphatic heterocycles. The largest absolute Gasteiger partial charge is 0.397 e. The highest BCUT2D eigenvalue weighted by Gasteiger charge is 1.98. The Labute approximate surface area is 70.3 Å². The van der Waals surface area contributed by atoms with Crippen LogP contribution in [-0.2, 0) is 0 Å². The fourth-order valence-electron chi connectivity index (χ4n) is 1.11. The maximum atomic E-state index is 5.70. The lowest BCUT2D eigenvalue weighted by atomic mass is 10.2. The van der Waals surface area contributed by atoms with Gasteiger partial charge >= 0.3 is 0 Å². The second-order valence-electron chi connectivity index (χ2n) is 2.71. The second kappa shape index (κ2) is 2.44. The van der Waals surface area contributed by atoms with Gasteiger partial charge in [0, 0.05) is 11.6 Å². The van der Waals surface area contributed by atoms with Crippen molar-refractivity contribution >= 4 is 16.7 Å². The van der Waals surface area contributed by atoms with Crippen LogP contribution in [0.4, 0.5) is 5.69 Å². The summed E-state index contributed by atoms with van der Waals surface area (Å²) in [6.07, 6.45) is 1.73. The average Bonchev–Trinajstić information content (AvgIpc) is 2.07. The Morgan fingerprint density at radius 2 is 2.25 bits per heavy atom. The molecule has 2 N–H and O–H groups in total. The van der Waals surface area contributed by atoms with Gasteiger partial charge in [-0.3, -0.25) is 0 Å². The third-order valence-electron chi connectivity index (χ3n) is 1.82. The maximum Gasteiger partial charge on any atom is 0.159 e. The minimum atomic E-state index is 0.718. The molecule has 60 valence electrons. The van der Waals surface area contributed by atoms with E-state index in [1.54, 1.807) is 6.20 Å². The number of nitrogens with zero attached hydrogens (tertiary/aromatic N) is 2. The summed E-state index contributed by atoms with van der Waals surface area (Å²) in [5.41, 5.74) is 8.00. The Morgan fingerprint density at radius 3 is 3.08 bits per heavy atom. The minimum absolute atomic E-state index is 0.718. The van der Waals surface area contributed by atoms with Gasteiger partial charge in [0.2, 0.25) is 0 Å². The maximum absolute atomic E-state index is 5.70. The van der Waals surface area contributed by atoms with Crippen LogP contribution < -0.4 is 5.73 Å². The third-order valence-corrected chi connectivity index (χ3v) is 1.82. The number of rotatable bonds is 0. The zero-order valence-corrected chi connectivity index (χ0v) is 6.78. The lowest BCUT2D eigenvalue weighted by Crippen LogP contribution is -1.94. The summed E-state index contributed by atoms with van der Waals surface area (Å²) in [5.74, 6) is 0. The molecule has 12 heavy (non-hydrogen) atoms. The minimum Gasteiger partial charge on any atom is -0.397 e. The molecule has 0 atom stereocenters. The molecule has 0 unspecified atom stereocenters. The molecule has 2 aromatic rings. The highest BCUT2D eigenvalue weighted by molar-refractivity contribution is 5.78. The molecule has 2 rings (SSSR count). The number of aryl methyl sites for hydroxylation is 1. The normalized spacial score (nSPS) is 10.4. The molecule has 0 saturated carbocycles. The van der Waals surface area contributed by atoms with Crippen molar-refractivity contribution in [3.05, 3.63) is 30.1 Å². The van der Waals surface area contributed by atoms with Crippen molar-refractivity contribution in [2.24, 2.45) is 0 Å². The molecule has 0 aliphatic carbocycles. The Hall–Kier alpha value is -1.64. The van der Waals surface area contributed by atoms with E-state index >= 15 is 0 Å². The van der Waals surface area contributed by atoms with Crippen molar-refractivity contribution in [3.8, 4) is 0 Å². The van der Waals surface area contributed by atoms with Crippen molar-refractivity contribution < 1.29 is 0 Å². The summed E-state index contributed by atoms with van der Waals surface area (Å²) in [7, 11) is 0. The number of hydrogen-bond donors (Lipinski definition) is 1. The number of anilines is 1. The van der Waals surface area contributed by atoms with Gasteiger partial charge in [-0.1, -0.05) is 0 Å². The zero-order chi connectivity index (χ0) is 8.55. The molecule has 3 nitrogen and oxygen atoms in total. The van der Waals surface area contributed by atoms with Gasteiger partial charge in [0.05, 0.1) is 11.4 Å². The first-order valence-corrected chi connectivity index (χ1v) is 3.75. The van der Waals surface area contributed by atoms with E-state index in [1.165, 1.54) is 0 Å².